The maximum atomic E-state index is 7.62. The molecule has 0 radical (unpaired) electrons. The van der Waals surface area contributed by atoms with Crippen LogP contribution < -0.4 is 0 Å². The molecule has 0 saturated heterocycles. The average molecular weight is 575 g/mol. The van der Waals surface area contributed by atoms with Gasteiger partial charge in [0.15, 0.2) is 0 Å². The van der Waals surface area contributed by atoms with E-state index in [1.54, 1.807) is 6.92 Å². The third kappa shape index (κ3) is 58900. The van der Waals surface area contributed by atoms with Crippen LogP contribution in [0.15, 0.2) is 184 Å². The Labute approximate surface area is 257 Å². The van der Waals surface area contributed by atoms with Crippen molar-refractivity contribution in [1.82, 2.24) is 0 Å². The quantitative estimate of drug-likeness (QED) is 0.293. The lowest BCUT2D eigenvalue weighted by Crippen LogP contribution is -1.85. The van der Waals surface area contributed by atoms with Gasteiger partial charge in [0.2, 0.25) is 0 Å². The van der Waals surface area contributed by atoms with Gasteiger partial charge in [-0.25, -0.2) is 0 Å². The molecule has 0 fully saturated rings. The summed E-state index contributed by atoms with van der Waals surface area (Å²) >= 11 is 0. The molecule has 0 amide bonds. The molecule has 0 rings (SSSR count). The molecule has 0 aromatic heterocycles. The van der Waals surface area contributed by atoms with Gasteiger partial charge in [-0.05, 0) is 20.8 Å². The van der Waals surface area contributed by atoms with E-state index in [-0.39, 0.29) is 19.8 Å². The van der Waals surface area contributed by atoms with Crippen LogP contribution in [0.5, 0.6) is 0 Å². The van der Waals surface area contributed by atoms with E-state index < -0.39 is 0 Å². The van der Waals surface area contributed by atoms with E-state index >= 15 is 0 Å². The molecule has 0 aromatic rings. The molecular formula is C36H78O4. The van der Waals surface area contributed by atoms with Gasteiger partial charge >= 0.3 is 0 Å². The predicted octanol–water partition coefficient (Wildman–Crippen LogP) is 11.2. The number of aliphatic hydroxyl groups excluding tert-OH is 3. The monoisotopic (exact) mass is 575 g/mol. The van der Waals surface area contributed by atoms with Gasteiger partial charge < -0.3 is 20.1 Å². The van der Waals surface area contributed by atoms with Crippen LogP contribution in [0.1, 0.15) is 20.8 Å². The Bertz CT molecular complexity index is 134. The van der Waals surface area contributed by atoms with Crippen molar-refractivity contribution in [3.05, 3.63) is 184 Å². The molecule has 0 aliphatic rings. The Morgan fingerprint density at radius 3 is 0.375 bits per heavy atom. The molecule has 4 heteroatoms. The fourth-order valence-corrected chi connectivity index (χ4v) is 0.204. The first kappa shape index (κ1) is 122. The molecule has 3 N–H and O–H groups in total. The summed E-state index contributed by atoms with van der Waals surface area (Å²) in [6.45, 7) is 91.3. The predicted molar refractivity (Wildman–Crippen MR) is 207 cm³/mol. The summed E-state index contributed by atoms with van der Waals surface area (Å²) in [5.41, 5.74) is 0. The molecule has 0 saturated carbocycles. The molecule has 0 atom stereocenters. The van der Waals surface area contributed by atoms with Crippen LogP contribution in [0.2, 0.25) is 0 Å². The summed E-state index contributed by atoms with van der Waals surface area (Å²) < 4.78 is 4.83. The Balaban J connectivity index is -0.00000000951. The molecule has 0 bridgehead atoms. The maximum absolute atomic E-state index is 7.62. The highest BCUT2D eigenvalue weighted by atomic mass is 16.5. The van der Waals surface area contributed by atoms with Gasteiger partial charge in [0.1, 0.15) is 0 Å². The zero-order valence-electron chi connectivity index (χ0n) is 28.1. The van der Waals surface area contributed by atoms with E-state index in [1.165, 1.54) is 0 Å². The van der Waals surface area contributed by atoms with Gasteiger partial charge in [0.25, 0.3) is 0 Å². The summed E-state index contributed by atoms with van der Waals surface area (Å²) in [4.78, 5) is 0. The minimum absolute atomic E-state index is 0.125. The van der Waals surface area contributed by atoms with Crippen LogP contribution in [0.25, 0.3) is 0 Å². The maximum Gasteiger partial charge on any atom is 0.0662 e. The van der Waals surface area contributed by atoms with Crippen LogP contribution >= 0.6 is 0 Å². The van der Waals surface area contributed by atoms with Crippen LogP contribution in [-0.4, -0.2) is 48.4 Å². The van der Waals surface area contributed by atoms with E-state index in [4.69, 9.17) is 20.1 Å². The molecule has 40 heavy (non-hydrogen) atoms. The Kier molecular flexibility index (Phi) is 25900. The van der Waals surface area contributed by atoms with Crippen LogP contribution in [0.3, 0.4) is 0 Å². The summed E-state index contributed by atoms with van der Waals surface area (Å²) in [6, 6.07) is 0. The largest absolute Gasteiger partial charge is 0.397 e. The topological polar surface area (TPSA) is 69.9 Å². The average Bonchev–Trinajstić information content (AvgIpc) is 3.14. The number of aliphatic hydroxyl groups is 3. The lowest BCUT2D eigenvalue weighted by molar-refractivity contribution is 0.162. The molecule has 4 nitrogen and oxygen atoms in total. The first-order valence-corrected chi connectivity index (χ1v) is 11.1. The Morgan fingerprint density at radius 1 is 0.300 bits per heavy atom. The molecule has 246 valence electrons. The van der Waals surface area contributed by atoms with E-state index in [0.717, 1.165) is 13.2 Å². The minimum Gasteiger partial charge on any atom is -0.397 e. The van der Waals surface area contributed by atoms with Crippen molar-refractivity contribution in [2.45, 2.75) is 20.8 Å². The molecule has 0 aromatic carbocycles. The van der Waals surface area contributed by atoms with Crippen LogP contribution in [0, 0.1) is 0 Å². The highest BCUT2D eigenvalue weighted by Gasteiger charge is 1.64. The van der Waals surface area contributed by atoms with E-state index in [2.05, 4.69) is 184 Å². The lowest BCUT2D eigenvalue weighted by Gasteiger charge is -1.86. The highest BCUT2D eigenvalue weighted by molar-refractivity contribution is 4.25. The van der Waals surface area contributed by atoms with Crippen molar-refractivity contribution in [2.24, 2.45) is 0 Å². The van der Waals surface area contributed by atoms with Gasteiger partial charge in [0, 0.05) is 19.8 Å². The third-order valence-electron chi connectivity index (χ3n) is 0.508. The zero-order valence-corrected chi connectivity index (χ0v) is 28.1. The smallest absolute Gasteiger partial charge is 0.0662 e. The van der Waals surface area contributed by atoms with Crippen LogP contribution in [-0.2, 0) is 4.74 Å². The molecule has 0 aliphatic carbocycles. The summed E-state index contributed by atoms with van der Waals surface area (Å²) in [6.07, 6.45) is 0. The third-order valence-corrected chi connectivity index (χ3v) is 0.508. The number of ether oxygens (including phenoxy) is 1. The normalized spacial score (nSPS) is 3.65. The van der Waals surface area contributed by atoms with Crippen molar-refractivity contribution in [3.8, 4) is 0 Å². The second-order valence-corrected chi connectivity index (χ2v) is 1.54. The van der Waals surface area contributed by atoms with Gasteiger partial charge in [-0.2, -0.15) is 0 Å². The van der Waals surface area contributed by atoms with Crippen molar-refractivity contribution < 1.29 is 20.1 Å². The minimum atomic E-state index is -0.125. The van der Waals surface area contributed by atoms with E-state index in [1.807, 2.05) is 13.8 Å². The van der Waals surface area contributed by atoms with Gasteiger partial charge in [-0.15, -0.1) is 184 Å². The van der Waals surface area contributed by atoms with E-state index in [0.29, 0.717) is 0 Å². The standard InChI is InChI=1S/C4H10O.C2H6O2.C2H6O.14C2H4/c1-3-5-4-2;3-1-2-4;1-2-3;14*1-2/h3-4H2,1-2H3;3-4H,1-2H2;3H,2H2,1H3;14*1-2H2. The molecule has 0 unspecified atom stereocenters. The van der Waals surface area contributed by atoms with Crippen LogP contribution in [0.4, 0.5) is 0 Å². The molecular weight excluding hydrogens is 496 g/mol. The van der Waals surface area contributed by atoms with Gasteiger partial charge in [0.05, 0.1) is 13.2 Å². The Morgan fingerprint density at radius 2 is 0.375 bits per heavy atom. The van der Waals surface area contributed by atoms with Gasteiger partial charge in [-0.3, -0.25) is 0 Å². The van der Waals surface area contributed by atoms with Crippen molar-refractivity contribution in [1.29, 1.82) is 0 Å². The van der Waals surface area contributed by atoms with Crippen molar-refractivity contribution >= 4 is 0 Å². The summed E-state index contributed by atoms with van der Waals surface area (Å²) in [5.74, 6) is 0. The zero-order chi connectivity index (χ0) is 38.2. The number of hydrogen-bond donors (Lipinski definition) is 3. The van der Waals surface area contributed by atoms with E-state index in [9.17, 15) is 0 Å². The highest BCUT2D eigenvalue weighted by Crippen LogP contribution is 1.64. The first-order chi connectivity index (χ1) is 19.7. The van der Waals surface area contributed by atoms with Gasteiger partial charge in [-0.1, -0.05) is 0 Å². The van der Waals surface area contributed by atoms with Crippen molar-refractivity contribution in [2.75, 3.05) is 33.0 Å². The molecule has 0 heterocycles. The second-order valence-electron chi connectivity index (χ2n) is 1.54. The number of rotatable bonds is 3. The molecule has 0 spiro atoms. The first-order valence-electron chi connectivity index (χ1n) is 11.1. The fourth-order valence-electron chi connectivity index (χ4n) is 0.204. The van der Waals surface area contributed by atoms with Crippen molar-refractivity contribution in [3.63, 3.8) is 0 Å². The summed E-state index contributed by atoms with van der Waals surface area (Å²) in [7, 11) is 0. The SMILES string of the molecule is C=C.C=C.C=C.C=C.C=C.C=C.C=C.C=C.C=C.C=C.C=C.C=C.C=C.C=C.CCO.CCOCC.OCCO. The second kappa shape index (κ2) is 8510. The number of hydrogen-bond acceptors (Lipinski definition) is 4. The lowest BCUT2D eigenvalue weighted by atomic mass is 10.8. The Hall–Kier alpha value is -3.80. The fraction of sp³-hybridized carbons (Fsp3) is 0.222. The summed E-state index contributed by atoms with van der Waals surface area (Å²) in [5, 5.41) is 22.8. The molecule has 0 aliphatic heterocycles.